The van der Waals surface area contributed by atoms with Gasteiger partial charge in [0.2, 0.25) is 0 Å². The van der Waals surface area contributed by atoms with Crippen molar-refractivity contribution in [1.82, 2.24) is 4.98 Å². The molecule has 0 unspecified atom stereocenters. The molecule has 0 aliphatic carbocycles. The van der Waals surface area contributed by atoms with Crippen molar-refractivity contribution in [2.75, 3.05) is 0 Å². The summed E-state index contributed by atoms with van der Waals surface area (Å²) in [5, 5.41) is 2.78. The number of aromatic nitrogens is 1. The van der Waals surface area contributed by atoms with Crippen LogP contribution in [-0.2, 0) is 5.33 Å². The number of nitrogens with zero attached hydrogens (tertiary/aromatic N) is 1. The third kappa shape index (κ3) is 1.74. The van der Waals surface area contributed by atoms with Gasteiger partial charge in [0.25, 0.3) is 0 Å². The first kappa shape index (κ1) is 10.2. The quantitative estimate of drug-likeness (QED) is 0.708. The minimum absolute atomic E-state index is 0.520. The monoisotopic (exact) mass is 289 g/mol. The van der Waals surface area contributed by atoms with Gasteiger partial charge in [-0.25, -0.2) is 0 Å². The molecular formula is C10H6BrCl2N. The maximum absolute atomic E-state index is 6.05. The summed E-state index contributed by atoms with van der Waals surface area (Å²) in [5.41, 5.74) is 1.71. The molecule has 1 heterocycles. The Morgan fingerprint density at radius 1 is 1.14 bits per heavy atom. The average Bonchev–Trinajstić information content (AvgIpc) is 2.23. The molecule has 0 saturated carbocycles. The zero-order chi connectivity index (χ0) is 10.1. The minimum Gasteiger partial charge on any atom is -0.250 e. The zero-order valence-electron chi connectivity index (χ0n) is 7.10. The molecule has 2 aromatic rings. The van der Waals surface area contributed by atoms with Crippen molar-refractivity contribution in [2.45, 2.75) is 5.33 Å². The fourth-order valence-electron chi connectivity index (χ4n) is 1.24. The highest BCUT2D eigenvalue weighted by Crippen LogP contribution is 2.29. The van der Waals surface area contributed by atoms with Crippen LogP contribution >= 0.6 is 39.1 Å². The van der Waals surface area contributed by atoms with Gasteiger partial charge in [0.05, 0.1) is 21.3 Å². The molecule has 0 bridgehead atoms. The maximum Gasteiger partial charge on any atom is 0.0907 e. The Morgan fingerprint density at radius 2 is 1.86 bits per heavy atom. The average molecular weight is 291 g/mol. The predicted octanol–water partition coefficient (Wildman–Crippen LogP) is 4.44. The lowest BCUT2D eigenvalue weighted by atomic mass is 10.2. The lowest BCUT2D eigenvalue weighted by Crippen LogP contribution is -1.87. The standard InChI is InChI=1S/C10H6BrCl2N/c11-5-7-3-1-6-2-4-8(12)9(13)10(6)14-7/h1-4H,5H2. The number of hydrogen-bond acceptors (Lipinski definition) is 1. The molecule has 0 atom stereocenters. The van der Waals surface area contributed by atoms with Crippen LogP contribution in [0.3, 0.4) is 0 Å². The molecular weight excluding hydrogens is 285 g/mol. The van der Waals surface area contributed by atoms with Crippen molar-refractivity contribution >= 4 is 50.0 Å². The molecule has 0 saturated heterocycles. The number of fused-ring (bicyclic) bond motifs is 1. The van der Waals surface area contributed by atoms with Crippen LogP contribution in [0.2, 0.25) is 10.0 Å². The number of alkyl halides is 1. The molecule has 1 aromatic heterocycles. The molecule has 0 aliphatic rings. The Bertz CT molecular complexity index is 485. The van der Waals surface area contributed by atoms with Gasteiger partial charge in [-0.05, 0) is 12.1 Å². The van der Waals surface area contributed by atoms with E-state index in [0.717, 1.165) is 16.6 Å². The molecule has 1 aromatic carbocycles. The molecule has 1 nitrogen and oxygen atoms in total. The summed E-state index contributed by atoms with van der Waals surface area (Å²) in [6.45, 7) is 0. The van der Waals surface area contributed by atoms with Crippen molar-refractivity contribution in [3.8, 4) is 0 Å². The fourth-order valence-corrected chi connectivity index (χ4v) is 1.92. The van der Waals surface area contributed by atoms with Crippen molar-refractivity contribution in [3.63, 3.8) is 0 Å². The number of hydrogen-bond donors (Lipinski definition) is 0. The molecule has 0 spiro atoms. The molecule has 4 heteroatoms. The van der Waals surface area contributed by atoms with Crippen molar-refractivity contribution in [1.29, 1.82) is 0 Å². The predicted molar refractivity (Wildman–Crippen MR) is 64.4 cm³/mol. The molecule has 72 valence electrons. The van der Waals surface area contributed by atoms with E-state index < -0.39 is 0 Å². The van der Waals surface area contributed by atoms with Gasteiger partial charge >= 0.3 is 0 Å². The van der Waals surface area contributed by atoms with Gasteiger partial charge in [-0.1, -0.05) is 51.3 Å². The molecule has 14 heavy (non-hydrogen) atoms. The molecule has 2 rings (SSSR count). The topological polar surface area (TPSA) is 12.9 Å². The van der Waals surface area contributed by atoms with Crippen LogP contribution in [0.25, 0.3) is 10.9 Å². The molecule has 0 aliphatic heterocycles. The zero-order valence-corrected chi connectivity index (χ0v) is 10.2. The van der Waals surface area contributed by atoms with E-state index in [9.17, 15) is 0 Å². The highest BCUT2D eigenvalue weighted by Gasteiger charge is 2.05. The molecule has 0 fully saturated rings. The van der Waals surface area contributed by atoms with Crippen LogP contribution in [0.1, 0.15) is 5.69 Å². The summed E-state index contributed by atoms with van der Waals surface area (Å²) in [6, 6.07) is 7.64. The van der Waals surface area contributed by atoms with Crippen LogP contribution in [0.15, 0.2) is 24.3 Å². The third-order valence-corrected chi connectivity index (χ3v) is 3.32. The molecule has 0 N–H and O–H groups in total. The van der Waals surface area contributed by atoms with Crippen LogP contribution in [-0.4, -0.2) is 4.98 Å². The maximum atomic E-state index is 6.05. The van der Waals surface area contributed by atoms with E-state index >= 15 is 0 Å². The van der Waals surface area contributed by atoms with E-state index in [0.29, 0.717) is 15.4 Å². The number of rotatable bonds is 1. The van der Waals surface area contributed by atoms with Gasteiger partial charge in [-0.2, -0.15) is 0 Å². The summed E-state index contributed by atoms with van der Waals surface area (Å²) < 4.78 is 0. The van der Waals surface area contributed by atoms with Gasteiger partial charge in [0, 0.05) is 10.7 Å². The van der Waals surface area contributed by atoms with Gasteiger partial charge in [-0.3, -0.25) is 4.98 Å². The van der Waals surface area contributed by atoms with Gasteiger partial charge < -0.3 is 0 Å². The van der Waals surface area contributed by atoms with E-state index in [1.54, 1.807) is 6.07 Å². The first-order valence-electron chi connectivity index (χ1n) is 4.02. The smallest absolute Gasteiger partial charge is 0.0907 e. The van der Waals surface area contributed by atoms with Gasteiger partial charge in [-0.15, -0.1) is 0 Å². The first-order chi connectivity index (χ1) is 6.72. The third-order valence-electron chi connectivity index (χ3n) is 1.95. The number of benzene rings is 1. The van der Waals surface area contributed by atoms with E-state index in [-0.39, 0.29) is 0 Å². The lowest BCUT2D eigenvalue weighted by molar-refractivity contribution is 1.24. The second kappa shape index (κ2) is 4.05. The van der Waals surface area contributed by atoms with Crippen LogP contribution < -0.4 is 0 Å². The van der Waals surface area contributed by atoms with Crippen molar-refractivity contribution < 1.29 is 0 Å². The van der Waals surface area contributed by atoms with Crippen LogP contribution in [0.4, 0.5) is 0 Å². The SMILES string of the molecule is Clc1ccc2ccc(CBr)nc2c1Cl. The molecule has 0 radical (unpaired) electrons. The first-order valence-corrected chi connectivity index (χ1v) is 5.89. The van der Waals surface area contributed by atoms with Crippen LogP contribution in [0, 0.1) is 0 Å². The largest absolute Gasteiger partial charge is 0.250 e. The minimum atomic E-state index is 0.520. The second-order valence-corrected chi connectivity index (χ2v) is 4.22. The van der Waals surface area contributed by atoms with E-state index in [4.69, 9.17) is 23.2 Å². The highest BCUT2D eigenvalue weighted by atomic mass is 79.9. The summed E-state index contributed by atoms with van der Waals surface area (Å²) >= 11 is 15.3. The highest BCUT2D eigenvalue weighted by molar-refractivity contribution is 9.08. The Morgan fingerprint density at radius 3 is 2.57 bits per heavy atom. The normalized spacial score (nSPS) is 10.8. The van der Waals surface area contributed by atoms with Gasteiger partial charge in [0.15, 0.2) is 0 Å². The Kier molecular flexibility index (Phi) is 2.96. The summed E-state index contributed by atoms with van der Waals surface area (Å²) in [6.07, 6.45) is 0. The van der Waals surface area contributed by atoms with E-state index in [1.165, 1.54) is 0 Å². The van der Waals surface area contributed by atoms with E-state index in [1.807, 2.05) is 18.2 Å². The second-order valence-electron chi connectivity index (χ2n) is 2.87. The van der Waals surface area contributed by atoms with E-state index in [2.05, 4.69) is 20.9 Å². The van der Waals surface area contributed by atoms with Gasteiger partial charge in [0.1, 0.15) is 0 Å². The Labute approximate surface area is 100 Å². The summed E-state index contributed by atoms with van der Waals surface area (Å²) in [5.74, 6) is 0. The van der Waals surface area contributed by atoms with Crippen molar-refractivity contribution in [3.05, 3.63) is 40.0 Å². The van der Waals surface area contributed by atoms with Crippen LogP contribution in [0.5, 0.6) is 0 Å². The Hall–Kier alpha value is -0.310. The van der Waals surface area contributed by atoms with Crippen molar-refractivity contribution in [2.24, 2.45) is 0 Å². The number of pyridine rings is 1. The molecule has 0 amide bonds. The number of halogens is 3. The summed E-state index contributed by atoms with van der Waals surface area (Å²) in [7, 11) is 0. The lowest BCUT2D eigenvalue weighted by Gasteiger charge is -2.03. The summed E-state index contributed by atoms with van der Waals surface area (Å²) in [4.78, 5) is 4.39. The fraction of sp³-hybridized carbons (Fsp3) is 0.100. The Balaban J connectivity index is 2.78.